The summed E-state index contributed by atoms with van der Waals surface area (Å²) in [5.41, 5.74) is 6.26. The van der Waals surface area contributed by atoms with Crippen LogP contribution in [-0.4, -0.2) is 39.3 Å². The molecule has 7 unspecified atom stereocenters. The van der Waals surface area contributed by atoms with Gasteiger partial charge in [-0.2, -0.15) is 0 Å². The van der Waals surface area contributed by atoms with Gasteiger partial charge in [0.15, 0.2) is 0 Å². The molecule has 7 nitrogen and oxygen atoms in total. The lowest BCUT2D eigenvalue weighted by atomic mass is 9.45. The van der Waals surface area contributed by atoms with E-state index in [-0.39, 0.29) is 12.8 Å². The fraction of sp³-hybridized carbons (Fsp3) is 0.900. The Kier molecular flexibility index (Phi) is 10.5. The second kappa shape index (κ2) is 12.9. The van der Waals surface area contributed by atoms with Gasteiger partial charge in [-0.1, -0.05) is 39.5 Å². The Morgan fingerprint density at radius 1 is 0.784 bits per heavy atom. The SMILES string of the molecule is CC12CCC3C(CCC4CCCC[C@@]43C)C1CCC2CCCCCC(=O)O.NC(CCC(=O)O)C(=O)O. The van der Waals surface area contributed by atoms with Crippen LogP contribution in [0, 0.1) is 40.4 Å². The van der Waals surface area contributed by atoms with Crippen molar-refractivity contribution in [2.75, 3.05) is 0 Å². The summed E-state index contributed by atoms with van der Waals surface area (Å²) in [5.74, 6) is 2.13. The Bertz CT molecular complexity index is 801. The third kappa shape index (κ3) is 7.07. The Hall–Kier alpha value is -1.63. The van der Waals surface area contributed by atoms with Crippen molar-refractivity contribution in [3.63, 3.8) is 0 Å². The van der Waals surface area contributed by atoms with Gasteiger partial charge in [0.05, 0.1) is 0 Å². The zero-order chi connectivity index (χ0) is 27.2. The first kappa shape index (κ1) is 29.9. The van der Waals surface area contributed by atoms with E-state index >= 15 is 0 Å². The number of carbonyl (C=O) groups is 3. The highest BCUT2D eigenvalue weighted by Gasteiger charge is 2.59. The number of aliphatic carboxylic acids is 3. The molecule has 4 saturated carbocycles. The molecule has 37 heavy (non-hydrogen) atoms. The zero-order valence-corrected chi connectivity index (χ0v) is 23.1. The third-order valence-corrected chi connectivity index (χ3v) is 11.2. The van der Waals surface area contributed by atoms with Crippen molar-refractivity contribution < 1.29 is 29.7 Å². The molecule has 7 heteroatoms. The van der Waals surface area contributed by atoms with E-state index in [9.17, 15) is 14.4 Å². The number of hydrogen-bond donors (Lipinski definition) is 4. The highest BCUT2D eigenvalue weighted by Crippen LogP contribution is 2.67. The van der Waals surface area contributed by atoms with E-state index in [1.54, 1.807) is 0 Å². The Morgan fingerprint density at radius 3 is 2.16 bits per heavy atom. The molecule has 4 rings (SSSR count). The summed E-state index contributed by atoms with van der Waals surface area (Å²) in [6, 6.07) is -1.06. The monoisotopic (exact) mass is 521 g/mol. The fourth-order valence-corrected chi connectivity index (χ4v) is 9.12. The summed E-state index contributed by atoms with van der Waals surface area (Å²) in [7, 11) is 0. The van der Waals surface area contributed by atoms with Crippen molar-refractivity contribution in [2.45, 2.75) is 129 Å². The Morgan fingerprint density at radius 2 is 1.49 bits per heavy atom. The largest absolute Gasteiger partial charge is 0.481 e. The first-order valence-corrected chi connectivity index (χ1v) is 14.9. The van der Waals surface area contributed by atoms with Gasteiger partial charge in [0.2, 0.25) is 0 Å². The van der Waals surface area contributed by atoms with Gasteiger partial charge in [0.1, 0.15) is 6.04 Å². The standard InChI is InChI=1S/C25H42O2.C5H9NO4/c1-24-16-7-6-9-18(24)11-13-20-21-14-12-19(8-4-3-5-10-23(26)27)25(21,2)17-15-22(20)24;6-3(5(9)10)1-2-4(7)8/h18-22H,3-17H2,1-2H3,(H,26,27);3H,1-2,6H2,(H,7,8)(H,9,10)/t18?,19?,20?,21?,22?,24-,25?;/m0./s1. The third-order valence-electron chi connectivity index (χ3n) is 11.2. The lowest BCUT2D eigenvalue weighted by Gasteiger charge is -2.60. The molecule has 0 radical (unpaired) electrons. The summed E-state index contributed by atoms with van der Waals surface area (Å²) < 4.78 is 0. The van der Waals surface area contributed by atoms with Gasteiger partial charge in [0, 0.05) is 12.8 Å². The number of fused-ring (bicyclic) bond motifs is 5. The summed E-state index contributed by atoms with van der Waals surface area (Å²) in [6.45, 7) is 5.34. The highest BCUT2D eigenvalue weighted by molar-refractivity contribution is 5.74. The van der Waals surface area contributed by atoms with Crippen LogP contribution < -0.4 is 5.73 Å². The van der Waals surface area contributed by atoms with Gasteiger partial charge in [-0.15, -0.1) is 0 Å². The van der Waals surface area contributed by atoms with Crippen molar-refractivity contribution in [2.24, 2.45) is 46.2 Å². The van der Waals surface area contributed by atoms with Crippen LogP contribution in [0.25, 0.3) is 0 Å². The predicted molar refractivity (Wildman–Crippen MR) is 143 cm³/mol. The molecular formula is C30H51NO6. The normalized spacial score (nSPS) is 37.2. The van der Waals surface area contributed by atoms with E-state index in [0.717, 1.165) is 42.4 Å². The van der Waals surface area contributed by atoms with Crippen molar-refractivity contribution in [1.29, 1.82) is 0 Å². The number of rotatable bonds is 10. The lowest BCUT2D eigenvalue weighted by molar-refractivity contribution is -0.140. The van der Waals surface area contributed by atoms with Gasteiger partial charge < -0.3 is 21.1 Å². The predicted octanol–water partition coefficient (Wildman–Crippen LogP) is 6.33. The van der Waals surface area contributed by atoms with E-state index in [0.29, 0.717) is 17.3 Å². The molecule has 4 aliphatic carbocycles. The van der Waals surface area contributed by atoms with Gasteiger partial charge in [-0.25, -0.2) is 0 Å². The summed E-state index contributed by atoms with van der Waals surface area (Å²) >= 11 is 0. The number of unbranched alkanes of at least 4 members (excludes halogenated alkanes) is 2. The molecule has 0 spiro atoms. The maximum absolute atomic E-state index is 10.7. The molecular weight excluding hydrogens is 470 g/mol. The van der Waals surface area contributed by atoms with E-state index < -0.39 is 23.9 Å². The molecule has 0 aromatic carbocycles. The maximum Gasteiger partial charge on any atom is 0.320 e. The lowest BCUT2D eigenvalue weighted by Crippen LogP contribution is -2.52. The van der Waals surface area contributed by atoms with Crippen LogP contribution in [0.2, 0.25) is 0 Å². The molecule has 8 atom stereocenters. The molecule has 212 valence electrons. The van der Waals surface area contributed by atoms with Gasteiger partial charge in [0.25, 0.3) is 0 Å². The van der Waals surface area contributed by atoms with Crippen molar-refractivity contribution >= 4 is 17.9 Å². The molecule has 4 fully saturated rings. The first-order chi connectivity index (χ1) is 17.5. The average Bonchev–Trinajstić information content (AvgIpc) is 3.18. The first-order valence-electron chi connectivity index (χ1n) is 14.9. The van der Waals surface area contributed by atoms with Crippen LogP contribution in [0.5, 0.6) is 0 Å². The van der Waals surface area contributed by atoms with Crippen LogP contribution >= 0.6 is 0 Å². The van der Waals surface area contributed by atoms with Crippen LogP contribution in [0.3, 0.4) is 0 Å². The maximum atomic E-state index is 10.7. The van der Waals surface area contributed by atoms with E-state index in [2.05, 4.69) is 13.8 Å². The summed E-state index contributed by atoms with van der Waals surface area (Å²) in [5, 5.41) is 25.1. The highest BCUT2D eigenvalue weighted by atomic mass is 16.4. The second-order valence-corrected chi connectivity index (χ2v) is 13.1. The molecule has 5 N–H and O–H groups in total. The van der Waals surface area contributed by atoms with E-state index in [1.807, 2.05) is 0 Å². The van der Waals surface area contributed by atoms with Crippen LogP contribution in [-0.2, 0) is 14.4 Å². The van der Waals surface area contributed by atoms with Crippen molar-refractivity contribution in [1.82, 2.24) is 0 Å². The van der Waals surface area contributed by atoms with Crippen LogP contribution in [0.4, 0.5) is 0 Å². The average molecular weight is 522 g/mol. The van der Waals surface area contributed by atoms with E-state index in [4.69, 9.17) is 21.1 Å². The second-order valence-electron chi connectivity index (χ2n) is 13.1. The molecule has 0 bridgehead atoms. The zero-order valence-electron chi connectivity index (χ0n) is 23.1. The fourth-order valence-electron chi connectivity index (χ4n) is 9.12. The molecule has 4 aliphatic rings. The molecule has 0 amide bonds. The molecule has 0 aromatic rings. The number of hydrogen-bond acceptors (Lipinski definition) is 4. The summed E-state index contributed by atoms with van der Waals surface area (Å²) in [6.07, 6.45) is 19.6. The van der Waals surface area contributed by atoms with E-state index in [1.165, 1.54) is 77.0 Å². The van der Waals surface area contributed by atoms with Gasteiger partial charge >= 0.3 is 17.9 Å². The molecule has 0 heterocycles. The van der Waals surface area contributed by atoms with Gasteiger partial charge in [-0.05, 0) is 111 Å². The Labute approximate surface area is 223 Å². The molecule has 0 aromatic heterocycles. The smallest absolute Gasteiger partial charge is 0.320 e. The minimum Gasteiger partial charge on any atom is -0.481 e. The minimum absolute atomic E-state index is 0.0231. The minimum atomic E-state index is -1.17. The van der Waals surface area contributed by atoms with Crippen LogP contribution in [0.1, 0.15) is 123 Å². The number of carboxylic acid groups (broad SMARTS) is 3. The molecule has 0 saturated heterocycles. The quantitative estimate of drug-likeness (QED) is 0.246. The Balaban J connectivity index is 0.000000325. The molecule has 0 aliphatic heterocycles. The van der Waals surface area contributed by atoms with Gasteiger partial charge in [-0.3, -0.25) is 14.4 Å². The van der Waals surface area contributed by atoms with Crippen LogP contribution in [0.15, 0.2) is 0 Å². The number of carboxylic acids is 3. The number of nitrogens with two attached hydrogens (primary N) is 1. The van der Waals surface area contributed by atoms with Crippen molar-refractivity contribution in [3.05, 3.63) is 0 Å². The van der Waals surface area contributed by atoms with Crippen molar-refractivity contribution in [3.8, 4) is 0 Å². The topological polar surface area (TPSA) is 138 Å². The summed E-state index contributed by atoms with van der Waals surface area (Å²) in [4.78, 5) is 30.6.